The predicted molar refractivity (Wildman–Crippen MR) is 75.5 cm³/mol. The van der Waals surface area contributed by atoms with Crippen molar-refractivity contribution in [2.24, 2.45) is 11.7 Å². The molecule has 0 spiro atoms. The number of benzene rings is 2. The van der Waals surface area contributed by atoms with Gasteiger partial charge in [0.1, 0.15) is 0 Å². The van der Waals surface area contributed by atoms with Crippen LogP contribution in [-0.4, -0.2) is 6.04 Å². The molecule has 1 heteroatoms. The van der Waals surface area contributed by atoms with E-state index in [2.05, 4.69) is 54.6 Å². The van der Waals surface area contributed by atoms with Crippen LogP contribution in [0.4, 0.5) is 0 Å². The van der Waals surface area contributed by atoms with E-state index in [1.165, 1.54) is 16.7 Å². The predicted octanol–water partition coefficient (Wildman–Crippen LogP) is 2.97. The average molecular weight is 237 g/mol. The van der Waals surface area contributed by atoms with Crippen molar-refractivity contribution < 1.29 is 0 Å². The fraction of sp³-hybridized carbons (Fsp3) is 0.294. The molecule has 0 radical (unpaired) electrons. The molecule has 2 aromatic carbocycles. The summed E-state index contributed by atoms with van der Waals surface area (Å²) in [4.78, 5) is 0. The fourth-order valence-corrected chi connectivity index (χ4v) is 2.95. The number of hydrogen-bond donors (Lipinski definition) is 1. The Morgan fingerprint density at radius 1 is 0.889 bits per heavy atom. The third kappa shape index (κ3) is 2.32. The lowest BCUT2D eigenvalue weighted by Crippen LogP contribution is -2.32. The van der Waals surface area contributed by atoms with Crippen molar-refractivity contribution in [3.8, 4) is 0 Å². The summed E-state index contributed by atoms with van der Waals surface area (Å²) in [6.45, 7) is 0. The van der Waals surface area contributed by atoms with Gasteiger partial charge in [-0.2, -0.15) is 0 Å². The summed E-state index contributed by atoms with van der Waals surface area (Å²) in [5, 5.41) is 0. The Labute approximate surface area is 109 Å². The normalized spacial score (nSPS) is 16.5. The monoisotopic (exact) mass is 237 g/mol. The van der Waals surface area contributed by atoms with E-state index in [9.17, 15) is 0 Å². The molecule has 0 fully saturated rings. The van der Waals surface area contributed by atoms with E-state index in [1.54, 1.807) is 0 Å². The molecule has 92 valence electrons. The zero-order valence-corrected chi connectivity index (χ0v) is 10.5. The Morgan fingerprint density at radius 3 is 2.06 bits per heavy atom. The summed E-state index contributed by atoms with van der Waals surface area (Å²) < 4.78 is 0. The SMILES string of the molecule is NC(Cc1ccccc1)C1Cc2ccccc2C1. The van der Waals surface area contributed by atoms with Gasteiger partial charge >= 0.3 is 0 Å². The Kier molecular flexibility index (Phi) is 3.16. The molecule has 0 aromatic heterocycles. The van der Waals surface area contributed by atoms with Crippen molar-refractivity contribution in [1.82, 2.24) is 0 Å². The summed E-state index contributed by atoms with van der Waals surface area (Å²) in [6.07, 6.45) is 3.27. The third-order valence-electron chi connectivity index (χ3n) is 4.00. The van der Waals surface area contributed by atoms with Crippen LogP contribution in [0.1, 0.15) is 16.7 Å². The van der Waals surface area contributed by atoms with Crippen LogP contribution >= 0.6 is 0 Å². The lowest BCUT2D eigenvalue weighted by Gasteiger charge is -2.18. The minimum Gasteiger partial charge on any atom is -0.327 e. The van der Waals surface area contributed by atoms with Crippen molar-refractivity contribution in [1.29, 1.82) is 0 Å². The molecule has 0 saturated carbocycles. The van der Waals surface area contributed by atoms with Gasteiger partial charge in [-0.15, -0.1) is 0 Å². The van der Waals surface area contributed by atoms with E-state index in [1.807, 2.05) is 0 Å². The van der Waals surface area contributed by atoms with E-state index >= 15 is 0 Å². The molecule has 0 aliphatic heterocycles. The molecule has 1 atom stereocenters. The van der Waals surface area contributed by atoms with Gasteiger partial charge in [-0.05, 0) is 41.9 Å². The first kappa shape index (κ1) is 11.5. The summed E-state index contributed by atoms with van der Waals surface area (Å²) >= 11 is 0. The summed E-state index contributed by atoms with van der Waals surface area (Å²) in [7, 11) is 0. The lowest BCUT2D eigenvalue weighted by molar-refractivity contribution is 0.437. The molecule has 1 nitrogen and oxygen atoms in total. The van der Waals surface area contributed by atoms with Crippen LogP contribution in [0.15, 0.2) is 54.6 Å². The highest BCUT2D eigenvalue weighted by Gasteiger charge is 2.26. The highest BCUT2D eigenvalue weighted by molar-refractivity contribution is 5.33. The first-order valence-corrected chi connectivity index (χ1v) is 6.69. The molecule has 2 aromatic rings. The van der Waals surface area contributed by atoms with E-state index in [0.29, 0.717) is 5.92 Å². The van der Waals surface area contributed by atoms with Crippen LogP contribution in [-0.2, 0) is 19.3 Å². The van der Waals surface area contributed by atoms with Crippen molar-refractivity contribution in [2.45, 2.75) is 25.3 Å². The van der Waals surface area contributed by atoms with Crippen LogP contribution in [0.3, 0.4) is 0 Å². The number of rotatable bonds is 3. The van der Waals surface area contributed by atoms with Gasteiger partial charge in [-0.1, -0.05) is 54.6 Å². The number of nitrogens with two attached hydrogens (primary N) is 1. The molecule has 3 rings (SSSR count). The van der Waals surface area contributed by atoms with Crippen LogP contribution < -0.4 is 5.73 Å². The second-order valence-electron chi connectivity index (χ2n) is 5.29. The first-order chi connectivity index (χ1) is 8.83. The van der Waals surface area contributed by atoms with Gasteiger partial charge < -0.3 is 5.73 Å². The quantitative estimate of drug-likeness (QED) is 0.872. The average Bonchev–Trinajstić information content (AvgIpc) is 2.84. The van der Waals surface area contributed by atoms with Crippen molar-refractivity contribution >= 4 is 0 Å². The van der Waals surface area contributed by atoms with Gasteiger partial charge in [0.05, 0.1) is 0 Å². The topological polar surface area (TPSA) is 26.0 Å². The zero-order chi connectivity index (χ0) is 12.4. The van der Waals surface area contributed by atoms with Crippen molar-refractivity contribution in [2.75, 3.05) is 0 Å². The molecule has 18 heavy (non-hydrogen) atoms. The molecule has 1 aliphatic rings. The third-order valence-corrected chi connectivity index (χ3v) is 4.00. The minimum absolute atomic E-state index is 0.264. The van der Waals surface area contributed by atoms with Crippen molar-refractivity contribution in [3.63, 3.8) is 0 Å². The maximum absolute atomic E-state index is 6.39. The first-order valence-electron chi connectivity index (χ1n) is 6.69. The van der Waals surface area contributed by atoms with E-state index in [0.717, 1.165) is 19.3 Å². The van der Waals surface area contributed by atoms with E-state index in [-0.39, 0.29) is 6.04 Å². The van der Waals surface area contributed by atoms with E-state index < -0.39 is 0 Å². The van der Waals surface area contributed by atoms with Crippen LogP contribution in [0.2, 0.25) is 0 Å². The second-order valence-corrected chi connectivity index (χ2v) is 5.29. The lowest BCUT2D eigenvalue weighted by atomic mass is 9.92. The molecule has 0 saturated heterocycles. The standard InChI is InChI=1S/C17H19N/c18-17(10-13-6-2-1-3-7-13)16-11-14-8-4-5-9-15(14)12-16/h1-9,16-17H,10-12,18H2. The number of fused-ring (bicyclic) bond motifs is 1. The van der Waals surface area contributed by atoms with Gasteiger partial charge in [-0.3, -0.25) is 0 Å². The highest BCUT2D eigenvalue weighted by Crippen LogP contribution is 2.29. The molecule has 0 amide bonds. The molecule has 1 aliphatic carbocycles. The van der Waals surface area contributed by atoms with Crippen LogP contribution in [0, 0.1) is 5.92 Å². The maximum atomic E-state index is 6.39. The molecule has 0 heterocycles. The highest BCUT2D eigenvalue weighted by atomic mass is 14.7. The van der Waals surface area contributed by atoms with Gasteiger partial charge in [0.25, 0.3) is 0 Å². The largest absolute Gasteiger partial charge is 0.327 e. The molecular formula is C17H19N. The van der Waals surface area contributed by atoms with Gasteiger partial charge in [0.2, 0.25) is 0 Å². The van der Waals surface area contributed by atoms with Gasteiger partial charge in [0, 0.05) is 6.04 Å². The maximum Gasteiger partial charge on any atom is 0.0114 e. The second kappa shape index (κ2) is 4.95. The Hall–Kier alpha value is -1.60. The molecular weight excluding hydrogens is 218 g/mol. The number of hydrogen-bond acceptors (Lipinski definition) is 1. The summed E-state index contributed by atoms with van der Waals surface area (Å²) in [5.74, 6) is 0.600. The Bertz CT molecular complexity index is 493. The van der Waals surface area contributed by atoms with E-state index in [4.69, 9.17) is 5.73 Å². The summed E-state index contributed by atoms with van der Waals surface area (Å²) in [5.41, 5.74) is 10.7. The van der Waals surface area contributed by atoms with Crippen molar-refractivity contribution in [3.05, 3.63) is 71.3 Å². The van der Waals surface area contributed by atoms with Gasteiger partial charge in [0.15, 0.2) is 0 Å². The van der Waals surface area contributed by atoms with Crippen LogP contribution in [0.25, 0.3) is 0 Å². The Balaban J connectivity index is 1.67. The zero-order valence-electron chi connectivity index (χ0n) is 10.5. The summed E-state index contributed by atoms with van der Waals surface area (Å²) in [6, 6.07) is 19.6. The molecule has 1 unspecified atom stereocenters. The minimum atomic E-state index is 0.264. The van der Waals surface area contributed by atoms with Gasteiger partial charge in [-0.25, -0.2) is 0 Å². The Morgan fingerprint density at radius 2 is 1.44 bits per heavy atom. The fourth-order valence-electron chi connectivity index (χ4n) is 2.95. The molecule has 0 bridgehead atoms. The smallest absolute Gasteiger partial charge is 0.0114 e. The van der Waals surface area contributed by atoms with Crippen LogP contribution in [0.5, 0.6) is 0 Å². The molecule has 2 N–H and O–H groups in total.